The van der Waals surface area contributed by atoms with Gasteiger partial charge >= 0.3 is 0 Å². The number of thioether (sulfide) groups is 1. The largest absolute Gasteiger partial charge is 0.356 e. The molecule has 144 valence electrons. The van der Waals surface area contributed by atoms with Crippen molar-refractivity contribution in [1.82, 2.24) is 15.3 Å². The molecule has 0 bridgehead atoms. The number of rotatable bonds is 6. The fourth-order valence-electron chi connectivity index (χ4n) is 3.82. The Labute approximate surface area is 168 Å². The van der Waals surface area contributed by atoms with E-state index in [0.29, 0.717) is 6.54 Å². The normalized spacial score (nSPS) is 17.4. The molecule has 4 rings (SSSR count). The molecule has 1 saturated heterocycles. The van der Waals surface area contributed by atoms with Gasteiger partial charge in [0.05, 0.1) is 10.3 Å². The Hall–Kier alpha value is -1.60. The minimum Gasteiger partial charge on any atom is -0.356 e. The van der Waals surface area contributed by atoms with E-state index in [9.17, 15) is 4.79 Å². The number of amides is 1. The van der Waals surface area contributed by atoms with Gasteiger partial charge in [0.1, 0.15) is 10.6 Å². The molecule has 2 aliphatic rings. The molecule has 5 nitrogen and oxygen atoms in total. The van der Waals surface area contributed by atoms with Crippen LogP contribution in [0.5, 0.6) is 0 Å². The first-order chi connectivity index (χ1) is 13.2. The van der Waals surface area contributed by atoms with Gasteiger partial charge < -0.3 is 10.2 Å². The first-order valence-electron chi connectivity index (χ1n) is 9.81. The first-order valence-corrected chi connectivity index (χ1v) is 11.9. The van der Waals surface area contributed by atoms with Gasteiger partial charge in [-0.3, -0.25) is 4.79 Å². The van der Waals surface area contributed by atoms with Gasteiger partial charge in [-0.05, 0) is 57.3 Å². The number of nitrogens with zero attached hydrogens (tertiary/aromatic N) is 3. The van der Waals surface area contributed by atoms with Crippen LogP contribution in [-0.2, 0) is 0 Å². The lowest BCUT2D eigenvalue weighted by Gasteiger charge is -2.17. The molecule has 0 saturated carbocycles. The predicted octanol–water partition coefficient (Wildman–Crippen LogP) is 4.63. The number of allylic oxidation sites excluding steroid dienone is 1. The SMILES string of the molecule is CSc1nc(N2CCCC2)c2cc(C(=O)NCCC3=CCCCC3)sc2n1. The summed E-state index contributed by atoms with van der Waals surface area (Å²) in [4.78, 5) is 26.0. The van der Waals surface area contributed by atoms with Gasteiger partial charge in [-0.1, -0.05) is 23.4 Å². The van der Waals surface area contributed by atoms with E-state index >= 15 is 0 Å². The second-order valence-corrected chi connectivity index (χ2v) is 8.98. The Balaban J connectivity index is 1.50. The van der Waals surface area contributed by atoms with E-state index in [0.717, 1.165) is 45.6 Å². The Bertz CT molecular complexity index is 855. The van der Waals surface area contributed by atoms with Crippen LogP contribution < -0.4 is 10.2 Å². The van der Waals surface area contributed by atoms with Crippen molar-refractivity contribution in [3.8, 4) is 0 Å². The molecule has 2 aromatic heterocycles. The van der Waals surface area contributed by atoms with E-state index in [-0.39, 0.29) is 5.91 Å². The topological polar surface area (TPSA) is 58.1 Å². The Morgan fingerprint density at radius 2 is 2.11 bits per heavy atom. The molecule has 0 radical (unpaired) electrons. The molecule has 1 amide bonds. The van der Waals surface area contributed by atoms with Crippen LogP contribution >= 0.6 is 23.1 Å². The highest BCUT2D eigenvalue weighted by molar-refractivity contribution is 7.98. The maximum Gasteiger partial charge on any atom is 0.261 e. The van der Waals surface area contributed by atoms with Crippen molar-refractivity contribution in [2.45, 2.75) is 50.1 Å². The molecular weight excluding hydrogens is 376 g/mol. The average molecular weight is 403 g/mol. The van der Waals surface area contributed by atoms with Crippen molar-refractivity contribution in [1.29, 1.82) is 0 Å². The van der Waals surface area contributed by atoms with Crippen LogP contribution in [0.25, 0.3) is 10.2 Å². The highest BCUT2D eigenvalue weighted by Gasteiger charge is 2.21. The lowest BCUT2D eigenvalue weighted by atomic mass is 9.97. The van der Waals surface area contributed by atoms with Crippen LogP contribution in [0.2, 0.25) is 0 Å². The molecule has 1 aliphatic heterocycles. The van der Waals surface area contributed by atoms with Crippen LogP contribution in [0.1, 0.15) is 54.6 Å². The fraction of sp³-hybridized carbons (Fsp3) is 0.550. The van der Waals surface area contributed by atoms with Crippen molar-refractivity contribution in [3.05, 3.63) is 22.6 Å². The summed E-state index contributed by atoms with van der Waals surface area (Å²) in [7, 11) is 0. The molecule has 1 fully saturated rings. The van der Waals surface area contributed by atoms with E-state index in [1.807, 2.05) is 12.3 Å². The lowest BCUT2D eigenvalue weighted by Crippen LogP contribution is -2.24. The fourth-order valence-corrected chi connectivity index (χ4v) is 5.18. The quantitative estimate of drug-likeness (QED) is 0.433. The Morgan fingerprint density at radius 1 is 1.26 bits per heavy atom. The molecule has 1 N–H and O–H groups in total. The first kappa shape index (κ1) is 18.7. The van der Waals surface area contributed by atoms with Crippen molar-refractivity contribution in [2.24, 2.45) is 0 Å². The number of hydrogen-bond donors (Lipinski definition) is 1. The van der Waals surface area contributed by atoms with Crippen molar-refractivity contribution >= 4 is 45.0 Å². The standard InChI is InChI=1S/C20H26N4OS2/c1-26-20-22-17(24-11-5-6-12-24)15-13-16(27-19(15)23-20)18(25)21-10-9-14-7-3-2-4-8-14/h7,13H,2-6,8-12H2,1H3,(H,21,25). The lowest BCUT2D eigenvalue weighted by molar-refractivity contribution is 0.0958. The Kier molecular flexibility index (Phi) is 5.98. The van der Waals surface area contributed by atoms with Crippen LogP contribution in [0, 0.1) is 0 Å². The molecule has 0 spiro atoms. The smallest absolute Gasteiger partial charge is 0.261 e. The number of nitrogens with one attached hydrogen (secondary N) is 1. The molecule has 0 unspecified atom stereocenters. The third kappa shape index (κ3) is 4.29. The van der Waals surface area contributed by atoms with E-state index in [2.05, 4.69) is 21.3 Å². The number of carbonyl (C=O) groups is 1. The van der Waals surface area contributed by atoms with Gasteiger partial charge in [0.2, 0.25) is 0 Å². The highest BCUT2D eigenvalue weighted by atomic mass is 32.2. The summed E-state index contributed by atoms with van der Waals surface area (Å²) >= 11 is 3.03. The van der Waals surface area contributed by atoms with E-state index in [1.54, 1.807) is 11.8 Å². The number of hydrogen-bond acceptors (Lipinski definition) is 6. The van der Waals surface area contributed by atoms with Crippen molar-refractivity contribution < 1.29 is 4.79 Å². The third-order valence-electron chi connectivity index (χ3n) is 5.28. The van der Waals surface area contributed by atoms with Crippen molar-refractivity contribution in [2.75, 3.05) is 30.8 Å². The van der Waals surface area contributed by atoms with Gasteiger partial charge in [0.25, 0.3) is 5.91 Å². The van der Waals surface area contributed by atoms with Gasteiger partial charge in [-0.25, -0.2) is 9.97 Å². The molecule has 0 aromatic carbocycles. The van der Waals surface area contributed by atoms with Crippen molar-refractivity contribution in [3.63, 3.8) is 0 Å². The minimum atomic E-state index is 0.00693. The number of fused-ring (bicyclic) bond motifs is 1. The average Bonchev–Trinajstić information content (AvgIpc) is 3.37. The summed E-state index contributed by atoms with van der Waals surface area (Å²) < 4.78 is 0. The zero-order valence-corrected chi connectivity index (χ0v) is 17.4. The van der Waals surface area contributed by atoms with Gasteiger partial charge in [-0.15, -0.1) is 11.3 Å². The molecule has 7 heteroatoms. The maximum atomic E-state index is 12.7. The van der Waals surface area contributed by atoms with Crippen LogP contribution in [0.15, 0.2) is 22.9 Å². The zero-order chi connectivity index (χ0) is 18.6. The Morgan fingerprint density at radius 3 is 2.85 bits per heavy atom. The van der Waals surface area contributed by atoms with Gasteiger partial charge in [0.15, 0.2) is 5.16 Å². The number of thiophene rings is 1. The summed E-state index contributed by atoms with van der Waals surface area (Å²) in [5.74, 6) is 0.997. The maximum absolute atomic E-state index is 12.7. The second kappa shape index (κ2) is 8.61. The van der Waals surface area contributed by atoms with Crippen LogP contribution in [0.3, 0.4) is 0 Å². The molecule has 2 aromatic rings. The summed E-state index contributed by atoms with van der Waals surface area (Å²) in [6.07, 6.45) is 12.7. The van der Waals surface area contributed by atoms with E-state index < -0.39 is 0 Å². The number of anilines is 1. The second-order valence-electron chi connectivity index (χ2n) is 7.17. The van der Waals surface area contributed by atoms with Crippen LogP contribution in [-0.4, -0.2) is 41.8 Å². The molecule has 1 aliphatic carbocycles. The molecule has 27 heavy (non-hydrogen) atoms. The van der Waals surface area contributed by atoms with E-state index in [4.69, 9.17) is 4.98 Å². The van der Waals surface area contributed by atoms with Gasteiger partial charge in [-0.2, -0.15) is 0 Å². The summed E-state index contributed by atoms with van der Waals surface area (Å²) in [5.41, 5.74) is 1.49. The summed E-state index contributed by atoms with van der Waals surface area (Å²) in [6, 6.07) is 1.98. The highest BCUT2D eigenvalue weighted by Crippen LogP contribution is 2.34. The van der Waals surface area contributed by atoms with Crippen LogP contribution in [0.4, 0.5) is 5.82 Å². The third-order valence-corrected chi connectivity index (χ3v) is 6.86. The monoisotopic (exact) mass is 402 g/mol. The molecular formula is C20H26N4OS2. The number of aromatic nitrogens is 2. The predicted molar refractivity (Wildman–Crippen MR) is 114 cm³/mol. The number of carbonyl (C=O) groups excluding carboxylic acids is 1. The molecule has 3 heterocycles. The van der Waals surface area contributed by atoms with E-state index in [1.165, 1.54) is 55.4 Å². The van der Waals surface area contributed by atoms with Gasteiger partial charge in [0, 0.05) is 19.6 Å². The zero-order valence-electron chi connectivity index (χ0n) is 15.8. The molecule has 0 atom stereocenters. The summed E-state index contributed by atoms with van der Waals surface area (Å²) in [5, 5.41) is 4.88. The minimum absolute atomic E-state index is 0.00693. The summed E-state index contributed by atoms with van der Waals surface area (Å²) in [6.45, 7) is 2.78.